The van der Waals surface area contributed by atoms with Crippen molar-refractivity contribution < 1.29 is 84.2 Å². The molecule has 472 valence electrons. The number of hydrogen-bond donors (Lipinski definition) is 6. The monoisotopic (exact) mass is 1250 g/mol. The smallest absolute Gasteiger partial charge is 0.408 e. The number of ether oxygens (including phenoxy) is 6. The predicted octanol–water partition coefficient (Wildman–Crippen LogP) is 9.54. The molecule has 18 nitrogen and oxygen atoms in total. The van der Waals surface area contributed by atoms with Gasteiger partial charge in [-0.05, 0) is 80.8 Å². The summed E-state index contributed by atoms with van der Waals surface area (Å²) in [6.07, 6.45) is -4.85. The summed E-state index contributed by atoms with van der Waals surface area (Å²) in [5.74, 6) is -18.1. The summed E-state index contributed by atoms with van der Waals surface area (Å²) < 4.78 is 107. The second-order valence-electron chi connectivity index (χ2n) is 20.5. The number of aliphatic hydroxyl groups is 1. The minimum atomic E-state index is -2.51. The van der Waals surface area contributed by atoms with Crippen molar-refractivity contribution in [1.82, 2.24) is 21.3 Å². The Morgan fingerprint density at radius 2 is 0.857 bits per heavy atom. The highest BCUT2D eigenvalue weighted by Crippen LogP contribution is 2.34. The van der Waals surface area contributed by atoms with E-state index in [2.05, 4.69) is 21.3 Å². The van der Waals surface area contributed by atoms with Crippen LogP contribution in [0.2, 0.25) is 0 Å². The zero-order valence-electron chi connectivity index (χ0n) is 48.6. The van der Waals surface area contributed by atoms with Crippen LogP contribution in [0.5, 0.6) is 17.2 Å². The SMILES string of the molecule is N[C@@H](C[C@@H](O)CNC(=O)OCc1ccccc1)C(=O)N[C@@H](Cc1cc(-c2ccc(OCc3ccccc3)c(C[C@H](NC(=O)OCc3ccccc3)C(=O)Oc3c(F)c(F)c(F)c(F)c3F)c2)ccc1OCc1ccccc1)C(=O)NCC(=O)OCc1ccccc1. The lowest BCUT2D eigenvalue weighted by Gasteiger charge is -2.23. The van der Waals surface area contributed by atoms with Crippen LogP contribution < -0.4 is 41.2 Å². The van der Waals surface area contributed by atoms with Gasteiger partial charge in [-0.3, -0.25) is 14.4 Å². The van der Waals surface area contributed by atoms with Crippen LogP contribution in [-0.4, -0.2) is 78.4 Å². The third-order valence-electron chi connectivity index (χ3n) is 13.8. The Morgan fingerprint density at radius 3 is 1.32 bits per heavy atom. The number of benzene rings is 8. The molecule has 0 aromatic heterocycles. The number of carbonyl (C=O) groups excluding carboxylic acids is 6. The molecule has 8 aromatic rings. The molecule has 0 aliphatic carbocycles. The Labute approximate surface area is 519 Å². The molecular formula is C68H62F5N5O13. The first-order chi connectivity index (χ1) is 44.0. The zero-order valence-corrected chi connectivity index (χ0v) is 48.6. The molecule has 0 spiro atoms. The van der Waals surface area contributed by atoms with Gasteiger partial charge in [-0.2, -0.15) is 8.78 Å². The summed E-state index contributed by atoms with van der Waals surface area (Å²) in [6.45, 7) is -1.51. The van der Waals surface area contributed by atoms with Gasteiger partial charge in [0.05, 0.1) is 12.1 Å². The Kier molecular flexibility index (Phi) is 24.1. The standard InChI is InChI=1S/C68H62F5N5O13/c69-58-59(70)61(72)63(62(73)60(58)71)91-66(83)54(78-68(85)90-41-46-24-14-5-15-25-46)33-50-31-48(27-29-56(50)87-38-43-18-8-2-9-19-43)47-26-28-55(86-37-42-16-6-1-7-17-42)49(30-47)32-53(65(82)75-36-57(80)88-39-44-20-10-3-11-21-44)77-64(81)52(74)34-51(79)35-76-67(84)89-40-45-22-12-4-13-23-45/h1-31,51-54,79H,32-41,74H2,(H,75,82)(H,76,84)(H,77,81)(H,78,85)/t51-,52+,53+,54+/m1/s1. The van der Waals surface area contributed by atoms with Crippen molar-refractivity contribution in [3.8, 4) is 28.4 Å². The van der Waals surface area contributed by atoms with Gasteiger partial charge in [0.1, 0.15) is 63.2 Å². The van der Waals surface area contributed by atoms with E-state index in [-0.39, 0.29) is 68.6 Å². The zero-order chi connectivity index (χ0) is 64.7. The summed E-state index contributed by atoms with van der Waals surface area (Å²) in [5, 5.41) is 20.8. The molecule has 4 amide bonds. The maximum Gasteiger partial charge on any atom is 0.408 e. The quantitative estimate of drug-likeness (QED) is 0.00638. The average molecular weight is 1250 g/mol. The highest BCUT2D eigenvalue weighted by Gasteiger charge is 2.33. The topological polar surface area (TPSA) is 252 Å². The summed E-state index contributed by atoms with van der Waals surface area (Å²) in [7, 11) is 0. The number of nitrogens with one attached hydrogen (secondary N) is 4. The summed E-state index contributed by atoms with van der Waals surface area (Å²) in [5.41, 5.74) is 10.8. The second-order valence-corrected chi connectivity index (χ2v) is 20.5. The maximum atomic E-state index is 15.1. The van der Waals surface area contributed by atoms with Crippen LogP contribution >= 0.6 is 0 Å². The number of rotatable bonds is 29. The van der Waals surface area contributed by atoms with Crippen molar-refractivity contribution in [2.45, 2.75) is 76.5 Å². The minimum absolute atomic E-state index is 0.0150. The van der Waals surface area contributed by atoms with Crippen molar-refractivity contribution in [3.05, 3.63) is 256 Å². The minimum Gasteiger partial charge on any atom is -0.489 e. The molecule has 0 saturated carbocycles. The van der Waals surface area contributed by atoms with E-state index in [9.17, 15) is 47.0 Å². The molecule has 8 rings (SSSR count). The summed E-state index contributed by atoms with van der Waals surface area (Å²) in [6, 6.07) is 48.3. The van der Waals surface area contributed by atoms with Crippen LogP contribution in [-0.2, 0) is 79.3 Å². The van der Waals surface area contributed by atoms with Gasteiger partial charge in [-0.15, -0.1) is 0 Å². The number of hydrogen-bond acceptors (Lipinski definition) is 14. The van der Waals surface area contributed by atoms with E-state index < -0.39 is 114 Å². The Morgan fingerprint density at radius 1 is 0.451 bits per heavy atom. The largest absolute Gasteiger partial charge is 0.489 e. The lowest BCUT2D eigenvalue weighted by atomic mass is 9.95. The molecule has 8 aromatic carbocycles. The van der Waals surface area contributed by atoms with E-state index in [1.807, 2.05) is 18.2 Å². The van der Waals surface area contributed by atoms with E-state index in [4.69, 9.17) is 34.2 Å². The first-order valence-electron chi connectivity index (χ1n) is 28.4. The summed E-state index contributed by atoms with van der Waals surface area (Å²) >= 11 is 0. The maximum absolute atomic E-state index is 15.1. The van der Waals surface area contributed by atoms with Crippen LogP contribution in [0.3, 0.4) is 0 Å². The molecule has 0 radical (unpaired) electrons. The third-order valence-corrected chi connectivity index (χ3v) is 13.8. The Bertz CT molecular complexity index is 3740. The molecule has 91 heavy (non-hydrogen) atoms. The van der Waals surface area contributed by atoms with Crippen LogP contribution in [0, 0.1) is 29.1 Å². The Balaban J connectivity index is 1.11. The van der Waals surface area contributed by atoms with Crippen LogP contribution in [0.4, 0.5) is 31.5 Å². The van der Waals surface area contributed by atoms with Gasteiger partial charge < -0.3 is 60.5 Å². The van der Waals surface area contributed by atoms with Crippen LogP contribution in [0.25, 0.3) is 11.1 Å². The number of amides is 4. The first kappa shape index (κ1) is 66.3. The fourth-order valence-electron chi connectivity index (χ4n) is 8.99. The molecule has 0 heterocycles. The van der Waals surface area contributed by atoms with E-state index in [0.29, 0.717) is 27.8 Å². The third kappa shape index (κ3) is 19.9. The molecule has 0 unspecified atom stereocenters. The van der Waals surface area contributed by atoms with Crippen LogP contribution in [0.15, 0.2) is 188 Å². The number of nitrogens with two attached hydrogens (primary N) is 1. The molecule has 0 fully saturated rings. The summed E-state index contributed by atoms with van der Waals surface area (Å²) in [4.78, 5) is 81.5. The number of alkyl carbamates (subject to hydrolysis) is 2. The van der Waals surface area contributed by atoms with Crippen molar-refractivity contribution >= 4 is 35.9 Å². The molecule has 0 saturated heterocycles. The Hall–Kier alpha value is -10.7. The first-order valence-corrected chi connectivity index (χ1v) is 28.4. The van der Waals surface area contributed by atoms with Crippen molar-refractivity contribution in [2.75, 3.05) is 13.1 Å². The molecule has 0 aliphatic rings. The fourth-order valence-corrected chi connectivity index (χ4v) is 8.99. The second kappa shape index (κ2) is 33.1. The van der Waals surface area contributed by atoms with E-state index >= 15 is 8.78 Å². The van der Waals surface area contributed by atoms with Crippen LogP contribution in [0.1, 0.15) is 45.4 Å². The molecular weight excluding hydrogens is 1190 g/mol. The van der Waals surface area contributed by atoms with Gasteiger partial charge in [-0.25, -0.2) is 27.6 Å². The van der Waals surface area contributed by atoms with E-state index in [0.717, 1.165) is 11.1 Å². The number of aliphatic hydroxyl groups excluding tert-OH is 1. The highest BCUT2D eigenvalue weighted by molar-refractivity contribution is 5.91. The predicted molar refractivity (Wildman–Crippen MR) is 321 cm³/mol. The van der Waals surface area contributed by atoms with Crippen molar-refractivity contribution in [1.29, 1.82) is 0 Å². The normalized spacial score (nSPS) is 12.2. The van der Waals surface area contributed by atoms with Gasteiger partial charge in [0.25, 0.3) is 0 Å². The number of halogens is 5. The molecule has 23 heteroatoms. The molecule has 0 bridgehead atoms. The van der Waals surface area contributed by atoms with Crippen molar-refractivity contribution in [2.24, 2.45) is 5.73 Å². The molecule has 0 aliphatic heterocycles. The van der Waals surface area contributed by atoms with Gasteiger partial charge in [-0.1, -0.05) is 164 Å². The lowest BCUT2D eigenvalue weighted by molar-refractivity contribution is -0.145. The van der Waals surface area contributed by atoms with E-state index in [1.165, 1.54) is 12.1 Å². The van der Waals surface area contributed by atoms with Gasteiger partial charge in [0, 0.05) is 19.4 Å². The molecule has 4 atom stereocenters. The van der Waals surface area contributed by atoms with Gasteiger partial charge >= 0.3 is 24.1 Å². The number of carbonyl (C=O) groups is 6. The average Bonchev–Trinajstić information content (AvgIpc) is 1.09. The van der Waals surface area contributed by atoms with E-state index in [1.54, 1.807) is 158 Å². The van der Waals surface area contributed by atoms with Gasteiger partial charge in [0.15, 0.2) is 0 Å². The lowest BCUT2D eigenvalue weighted by Crippen LogP contribution is -2.54. The fraction of sp³-hybridized carbons (Fsp3) is 0.206. The molecule has 7 N–H and O–H groups in total. The number of esters is 2. The van der Waals surface area contributed by atoms with Gasteiger partial charge in [0.2, 0.25) is 46.6 Å². The highest BCUT2D eigenvalue weighted by atomic mass is 19.2. The van der Waals surface area contributed by atoms with Crippen molar-refractivity contribution in [3.63, 3.8) is 0 Å².